The number of rotatable bonds is 13. The van der Waals surface area contributed by atoms with Gasteiger partial charge in [0, 0.05) is 30.2 Å². The summed E-state index contributed by atoms with van der Waals surface area (Å²) in [7, 11) is 2.42. The molecular weight excluding hydrogens is 401 g/mol. The molecule has 0 amide bonds. The second-order valence-electron chi connectivity index (χ2n) is 12.7. The Bertz CT molecular complexity index is 740. The highest BCUT2D eigenvalue weighted by Crippen LogP contribution is 2.66. The second kappa shape index (κ2) is 10.6. The maximum Gasteiger partial charge on any atom is 0.108 e. The van der Waals surface area contributed by atoms with Crippen molar-refractivity contribution in [3.05, 3.63) is 24.9 Å². The van der Waals surface area contributed by atoms with Crippen molar-refractivity contribution in [3.63, 3.8) is 0 Å². The molecular formula is C29H52BN3. The molecule has 3 nitrogen and oxygen atoms in total. The molecule has 2 heterocycles. The average molecular weight is 454 g/mol. The molecule has 6 atom stereocenters. The number of hydrogen-bond donors (Lipinski definition) is 1. The Labute approximate surface area is 206 Å². The van der Waals surface area contributed by atoms with Crippen LogP contribution in [0.4, 0.5) is 0 Å². The third-order valence-corrected chi connectivity index (χ3v) is 9.92. The minimum atomic E-state index is 0.0716. The molecule has 186 valence electrons. The monoisotopic (exact) mass is 453 g/mol. The van der Waals surface area contributed by atoms with Crippen LogP contribution in [0.25, 0.3) is 0 Å². The van der Waals surface area contributed by atoms with Crippen molar-refractivity contribution in [2.24, 2.45) is 22.2 Å². The molecule has 5 unspecified atom stereocenters. The van der Waals surface area contributed by atoms with Gasteiger partial charge in [-0.15, -0.1) is 6.58 Å². The molecule has 0 aromatic heterocycles. The lowest BCUT2D eigenvalue weighted by molar-refractivity contribution is -0.128. The molecule has 3 fully saturated rings. The number of nitrogens with zero attached hydrogens (tertiary/aromatic N) is 2. The lowest BCUT2D eigenvalue weighted by atomic mass is 9.46. The maximum absolute atomic E-state index is 9.18. The van der Waals surface area contributed by atoms with Gasteiger partial charge in [0.15, 0.2) is 0 Å². The summed E-state index contributed by atoms with van der Waals surface area (Å²) in [5.74, 6) is 1.29. The average Bonchev–Trinajstić information content (AvgIpc) is 2.93. The minimum Gasteiger partial charge on any atom is -0.362 e. The van der Waals surface area contributed by atoms with E-state index in [-0.39, 0.29) is 16.4 Å². The zero-order chi connectivity index (χ0) is 25.1. The highest BCUT2D eigenvalue weighted by Gasteiger charge is 2.65. The van der Waals surface area contributed by atoms with E-state index in [4.69, 9.17) is 0 Å². The molecule has 1 aliphatic carbocycles. The molecule has 3 aliphatic rings. The SMILES string of the molecule is BC1CC2(CC)CC(CC)([C@@H]2C)N(C(=C)CNCCC(C)(CC)CC(C)(C)CC#N)C1C=C. The van der Waals surface area contributed by atoms with Gasteiger partial charge in [-0.2, -0.15) is 5.26 Å². The number of hydrogen-bond acceptors (Lipinski definition) is 3. The number of fused-ring (bicyclic) bond motifs is 3. The van der Waals surface area contributed by atoms with Gasteiger partial charge in [0.05, 0.1) is 6.07 Å². The van der Waals surface area contributed by atoms with Crippen LogP contribution in [-0.4, -0.2) is 37.4 Å². The predicted molar refractivity (Wildman–Crippen MR) is 146 cm³/mol. The van der Waals surface area contributed by atoms with Crippen LogP contribution in [0.1, 0.15) is 99.8 Å². The Kier molecular flexibility index (Phi) is 9.00. The standard InChI is InChI=1S/C29H52BN3/c1-10-25-24(30)18-28(12-3)21-29(13-4,23(28)6)33(25)22(5)19-32-17-15-27(9,11-2)20-26(7,8)14-16-31/h10,23-25,32H,1,5,11-15,17-21,30H2,2-4,6-9H3/t23-,24?,25?,27?,28?,29?/m1/s1. The quantitative estimate of drug-likeness (QED) is 0.197. The van der Waals surface area contributed by atoms with E-state index in [2.05, 4.69) is 91.8 Å². The Morgan fingerprint density at radius 2 is 1.94 bits per heavy atom. The fourth-order valence-electron chi connectivity index (χ4n) is 7.78. The Morgan fingerprint density at radius 1 is 1.27 bits per heavy atom. The molecule has 2 bridgehead atoms. The highest BCUT2D eigenvalue weighted by atomic mass is 15.3. The highest BCUT2D eigenvalue weighted by molar-refractivity contribution is 6.12. The van der Waals surface area contributed by atoms with Crippen LogP contribution in [0.3, 0.4) is 0 Å². The Balaban J connectivity index is 2.07. The van der Waals surface area contributed by atoms with Crippen LogP contribution in [0.2, 0.25) is 5.82 Å². The number of nitriles is 1. The molecule has 4 heteroatoms. The summed E-state index contributed by atoms with van der Waals surface area (Å²) < 4.78 is 0. The maximum atomic E-state index is 9.18. The summed E-state index contributed by atoms with van der Waals surface area (Å²) in [6.07, 6.45) is 11.2. The van der Waals surface area contributed by atoms with Crippen molar-refractivity contribution in [1.29, 1.82) is 5.26 Å². The summed E-state index contributed by atoms with van der Waals surface area (Å²) in [4.78, 5) is 2.69. The predicted octanol–water partition coefficient (Wildman–Crippen LogP) is 6.49. The van der Waals surface area contributed by atoms with Gasteiger partial charge in [-0.05, 0) is 66.6 Å². The van der Waals surface area contributed by atoms with Gasteiger partial charge in [0.25, 0.3) is 0 Å². The summed E-state index contributed by atoms with van der Waals surface area (Å²) in [5, 5.41) is 12.9. The summed E-state index contributed by atoms with van der Waals surface area (Å²) in [6.45, 7) is 27.1. The van der Waals surface area contributed by atoms with Crippen molar-refractivity contribution >= 4 is 7.85 Å². The lowest BCUT2D eigenvalue weighted by Crippen LogP contribution is -2.67. The van der Waals surface area contributed by atoms with Crippen LogP contribution in [0, 0.1) is 33.5 Å². The summed E-state index contributed by atoms with van der Waals surface area (Å²) in [6, 6.07) is 2.74. The van der Waals surface area contributed by atoms with Crippen LogP contribution >= 0.6 is 0 Å². The van der Waals surface area contributed by atoms with E-state index in [0.717, 1.165) is 32.4 Å². The van der Waals surface area contributed by atoms with Gasteiger partial charge in [0.2, 0.25) is 0 Å². The molecule has 2 aliphatic heterocycles. The molecule has 0 spiro atoms. The molecule has 0 aromatic rings. The van der Waals surface area contributed by atoms with E-state index in [9.17, 15) is 5.26 Å². The van der Waals surface area contributed by atoms with Gasteiger partial charge in [-0.1, -0.05) is 74.0 Å². The van der Waals surface area contributed by atoms with Gasteiger partial charge < -0.3 is 10.2 Å². The second-order valence-corrected chi connectivity index (χ2v) is 12.7. The van der Waals surface area contributed by atoms with Crippen molar-refractivity contribution in [2.75, 3.05) is 13.1 Å². The van der Waals surface area contributed by atoms with E-state index in [0.29, 0.717) is 29.6 Å². The Hall–Kier alpha value is -1.21. The molecule has 33 heavy (non-hydrogen) atoms. The van der Waals surface area contributed by atoms with Crippen molar-refractivity contribution in [3.8, 4) is 6.07 Å². The lowest BCUT2D eigenvalue weighted by Gasteiger charge is -2.65. The molecule has 0 aromatic carbocycles. The summed E-state index contributed by atoms with van der Waals surface area (Å²) >= 11 is 0. The number of nitrogens with one attached hydrogen (secondary N) is 1. The normalized spacial score (nSPS) is 33.4. The van der Waals surface area contributed by atoms with E-state index in [1.807, 2.05) is 0 Å². The zero-order valence-electron chi connectivity index (χ0n) is 23.2. The van der Waals surface area contributed by atoms with Crippen molar-refractivity contribution in [1.82, 2.24) is 10.2 Å². The molecule has 1 saturated carbocycles. The van der Waals surface area contributed by atoms with Gasteiger partial charge in [-0.3, -0.25) is 0 Å². The van der Waals surface area contributed by atoms with Gasteiger partial charge in [0.1, 0.15) is 7.85 Å². The smallest absolute Gasteiger partial charge is 0.108 e. The Morgan fingerprint density at radius 3 is 2.42 bits per heavy atom. The zero-order valence-corrected chi connectivity index (χ0v) is 23.2. The first-order valence-electron chi connectivity index (χ1n) is 13.6. The minimum absolute atomic E-state index is 0.0716. The van der Waals surface area contributed by atoms with Gasteiger partial charge in [-0.25, -0.2) is 0 Å². The first-order chi connectivity index (χ1) is 15.4. The van der Waals surface area contributed by atoms with E-state index in [1.54, 1.807) is 0 Å². The molecule has 0 radical (unpaired) electrons. The largest absolute Gasteiger partial charge is 0.362 e. The van der Waals surface area contributed by atoms with Crippen LogP contribution < -0.4 is 5.32 Å². The van der Waals surface area contributed by atoms with Gasteiger partial charge >= 0.3 is 0 Å². The van der Waals surface area contributed by atoms with E-state index >= 15 is 0 Å². The van der Waals surface area contributed by atoms with Crippen molar-refractivity contribution < 1.29 is 0 Å². The third kappa shape index (κ3) is 5.40. The fourth-order valence-corrected chi connectivity index (χ4v) is 7.78. The topological polar surface area (TPSA) is 39.1 Å². The first-order valence-corrected chi connectivity index (χ1v) is 13.6. The van der Waals surface area contributed by atoms with E-state index < -0.39 is 0 Å². The molecule has 2 saturated heterocycles. The van der Waals surface area contributed by atoms with Crippen molar-refractivity contribution in [2.45, 2.75) is 117 Å². The van der Waals surface area contributed by atoms with Crippen LogP contribution in [-0.2, 0) is 0 Å². The fraction of sp³-hybridized carbons (Fsp3) is 0.828. The molecule has 3 rings (SSSR count). The molecule has 1 N–H and O–H groups in total. The summed E-state index contributed by atoms with van der Waals surface area (Å²) in [5.41, 5.74) is 2.26. The van der Waals surface area contributed by atoms with Crippen LogP contribution in [0.15, 0.2) is 24.9 Å². The first kappa shape index (κ1) is 28.0. The third-order valence-electron chi connectivity index (χ3n) is 9.92. The van der Waals surface area contributed by atoms with Crippen LogP contribution in [0.5, 0.6) is 0 Å². The van der Waals surface area contributed by atoms with E-state index in [1.165, 1.54) is 31.4 Å².